The van der Waals surface area contributed by atoms with E-state index in [-0.39, 0.29) is 17.4 Å². The molecule has 0 aromatic carbocycles. The van der Waals surface area contributed by atoms with Crippen LogP contribution in [0.2, 0.25) is 0 Å². The molecular weight excluding hydrogens is 262 g/mol. The highest BCUT2D eigenvalue weighted by atomic mass is 32.1. The number of carbonyl (C=O) groups is 2. The molecule has 1 aliphatic rings. The lowest BCUT2D eigenvalue weighted by Gasteiger charge is -2.14. The molecule has 4 N–H and O–H groups in total. The van der Waals surface area contributed by atoms with Gasteiger partial charge in [0, 0.05) is 20.0 Å². The van der Waals surface area contributed by atoms with E-state index in [0.717, 1.165) is 0 Å². The third-order valence-corrected chi connectivity index (χ3v) is 4.64. The highest BCUT2D eigenvalue weighted by Crippen LogP contribution is 2.39. The summed E-state index contributed by atoms with van der Waals surface area (Å²) >= 11 is 1.26. The zero-order chi connectivity index (χ0) is 14.2. The molecule has 0 bridgehead atoms. The molecule has 0 aliphatic heterocycles. The molecule has 1 heterocycles. The van der Waals surface area contributed by atoms with Gasteiger partial charge in [-0.2, -0.15) is 0 Å². The number of thiophene rings is 1. The first-order valence-corrected chi connectivity index (χ1v) is 7.19. The van der Waals surface area contributed by atoms with E-state index in [1.165, 1.54) is 31.1 Å². The second-order valence-corrected chi connectivity index (χ2v) is 5.98. The number of carbonyl (C=O) groups excluding carboxylic acids is 2. The minimum atomic E-state index is -0.258. The number of nitrogen functional groups attached to an aromatic ring is 1. The van der Waals surface area contributed by atoms with Gasteiger partial charge in [0.05, 0.1) is 16.1 Å². The molecule has 0 spiro atoms. The van der Waals surface area contributed by atoms with Gasteiger partial charge in [0.15, 0.2) is 5.78 Å². The standard InChI is InChI=1S/C13H19N3O2S/c1-6(8-4-5-8)16-13-9(12(18)15-3)10(14)11(19-13)7(2)17/h6,8,16H,4-5,14H2,1-3H3,(H,15,18). The fourth-order valence-electron chi connectivity index (χ4n) is 2.08. The Morgan fingerprint density at radius 1 is 1.42 bits per heavy atom. The minimum Gasteiger partial charge on any atom is -0.397 e. The number of Topliss-reactive ketones (excluding diaryl/α,β-unsaturated/α-hetero) is 1. The van der Waals surface area contributed by atoms with E-state index in [2.05, 4.69) is 17.6 Å². The number of nitrogens with one attached hydrogen (secondary N) is 2. The van der Waals surface area contributed by atoms with Crippen LogP contribution in [0.25, 0.3) is 0 Å². The summed E-state index contributed by atoms with van der Waals surface area (Å²) in [7, 11) is 1.56. The maximum atomic E-state index is 11.9. The van der Waals surface area contributed by atoms with Gasteiger partial charge in [-0.15, -0.1) is 11.3 Å². The molecule has 5 nitrogen and oxygen atoms in total. The fourth-order valence-corrected chi connectivity index (χ4v) is 3.19. The lowest BCUT2D eigenvalue weighted by Crippen LogP contribution is -2.23. The van der Waals surface area contributed by atoms with Crippen LogP contribution < -0.4 is 16.4 Å². The van der Waals surface area contributed by atoms with Crippen molar-refractivity contribution in [1.29, 1.82) is 0 Å². The Hall–Kier alpha value is -1.56. The van der Waals surface area contributed by atoms with Crippen LogP contribution in [-0.2, 0) is 0 Å². The quantitative estimate of drug-likeness (QED) is 0.722. The van der Waals surface area contributed by atoms with Crippen molar-refractivity contribution in [2.75, 3.05) is 18.1 Å². The van der Waals surface area contributed by atoms with Gasteiger partial charge < -0.3 is 16.4 Å². The van der Waals surface area contributed by atoms with Crippen LogP contribution in [0.1, 0.15) is 46.7 Å². The van der Waals surface area contributed by atoms with Gasteiger partial charge in [0.1, 0.15) is 5.00 Å². The van der Waals surface area contributed by atoms with Gasteiger partial charge in [-0.3, -0.25) is 9.59 Å². The van der Waals surface area contributed by atoms with Gasteiger partial charge in [-0.05, 0) is 25.7 Å². The summed E-state index contributed by atoms with van der Waals surface area (Å²) in [5.74, 6) is 0.285. The lowest BCUT2D eigenvalue weighted by atomic mass is 10.1. The Labute approximate surface area is 116 Å². The van der Waals surface area contributed by atoms with Gasteiger partial charge in [-0.1, -0.05) is 0 Å². The highest BCUT2D eigenvalue weighted by molar-refractivity contribution is 7.19. The Morgan fingerprint density at radius 3 is 2.53 bits per heavy atom. The maximum Gasteiger partial charge on any atom is 0.256 e. The Kier molecular flexibility index (Phi) is 3.80. The SMILES string of the molecule is CNC(=O)c1c(NC(C)C2CC2)sc(C(C)=O)c1N. The zero-order valence-corrected chi connectivity index (χ0v) is 12.2. The summed E-state index contributed by atoms with van der Waals surface area (Å²) in [5.41, 5.74) is 6.61. The molecule has 1 unspecified atom stereocenters. The molecular formula is C13H19N3O2S. The number of hydrogen-bond acceptors (Lipinski definition) is 5. The molecule has 104 valence electrons. The minimum absolute atomic E-state index is 0.111. The summed E-state index contributed by atoms with van der Waals surface area (Å²) in [4.78, 5) is 23.9. The number of nitrogens with two attached hydrogens (primary N) is 1. The number of rotatable bonds is 5. The van der Waals surface area contributed by atoms with Crippen molar-refractivity contribution >= 4 is 33.7 Å². The molecule has 6 heteroatoms. The summed E-state index contributed by atoms with van der Waals surface area (Å²) in [6.45, 7) is 3.55. The van der Waals surface area contributed by atoms with Gasteiger partial charge in [-0.25, -0.2) is 0 Å². The van der Waals surface area contributed by atoms with E-state index in [4.69, 9.17) is 5.73 Å². The van der Waals surface area contributed by atoms with Crippen molar-refractivity contribution in [3.05, 3.63) is 10.4 Å². The Morgan fingerprint density at radius 2 is 2.05 bits per heavy atom. The third kappa shape index (κ3) is 2.73. The van der Waals surface area contributed by atoms with Crippen LogP contribution in [0.15, 0.2) is 0 Å². The van der Waals surface area contributed by atoms with Crippen LogP contribution in [0.3, 0.4) is 0 Å². The maximum absolute atomic E-state index is 11.9. The van der Waals surface area contributed by atoms with Crippen molar-refractivity contribution in [1.82, 2.24) is 5.32 Å². The largest absolute Gasteiger partial charge is 0.397 e. The van der Waals surface area contributed by atoms with Crippen molar-refractivity contribution in [2.24, 2.45) is 5.92 Å². The average Bonchev–Trinajstić information content (AvgIpc) is 3.14. The van der Waals surface area contributed by atoms with Crippen LogP contribution in [0.4, 0.5) is 10.7 Å². The predicted octanol–water partition coefficient (Wildman–Crippen LogP) is 2.10. The summed E-state index contributed by atoms with van der Waals surface area (Å²) in [5, 5.41) is 6.59. The number of anilines is 2. The normalized spacial score (nSPS) is 15.9. The smallest absolute Gasteiger partial charge is 0.256 e. The van der Waals surface area contributed by atoms with E-state index in [1.54, 1.807) is 7.05 Å². The molecule has 1 fully saturated rings. The predicted molar refractivity (Wildman–Crippen MR) is 77.9 cm³/mol. The third-order valence-electron chi connectivity index (χ3n) is 3.41. The number of ketones is 1. The van der Waals surface area contributed by atoms with E-state index >= 15 is 0 Å². The summed E-state index contributed by atoms with van der Waals surface area (Å²) in [6.07, 6.45) is 2.42. The zero-order valence-electron chi connectivity index (χ0n) is 11.4. The van der Waals surface area contributed by atoms with Crippen LogP contribution in [0.5, 0.6) is 0 Å². The Bertz CT molecular complexity index is 520. The first kappa shape index (κ1) is 13.9. The number of hydrogen-bond donors (Lipinski definition) is 3. The van der Waals surface area contributed by atoms with Crippen LogP contribution >= 0.6 is 11.3 Å². The molecule has 1 aromatic heterocycles. The highest BCUT2D eigenvalue weighted by Gasteiger charge is 2.30. The van der Waals surface area contributed by atoms with Crippen molar-refractivity contribution in [3.63, 3.8) is 0 Å². The first-order valence-electron chi connectivity index (χ1n) is 6.37. The fraction of sp³-hybridized carbons (Fsp3) is 0.538. The molecule has 1 saturated carbocycles. The Balaban J connectivity index is 2.36. The van der Waals surface area contributed by atoms with Crippen LogP contribution in [0, 0.1) is 5.92 Å². The van der Waals surface area contributed by atoms with Gasteiger partial charge in [0.25, 0.3) is 5.91 Å². The van der Waals surface area contributed by atoms with E-state index in [0.29, 0.717) is 27.4 Å². The van der Waals surface area contributed by atoms with Crippen molar-refractivity contribution in [2.45, 2.75) is 32.7 Å². The van der Waals surface area contributed by atoms with Crippen molar-refractivity contribution in [3.8, 4) is 0 Å². The van der Waals surface area contributed by atoms with Crippen LogP contribution in [-0.4, -0.2) is 24.8 Å². The molecule has 1 aliphatic carbocycles. The molecule has 2 rings (SSSR count). The molecule has 19 heavy (non-hydrogen) atoms. The van der Waals surface area contributed by atoms with E-state index in [1.807, 2.05) is 0 Å². The van der Waals surface area contributed by atoms with Crippen molar-refractivity contribution < 1.29 is 9.59 Å². The lowest BCUT2D eigenvalue weighted by molar-refractivity contribution is 0.0965. The molecule has 1 amide bonds. The second kappa shape index (κ2) is 5.21. The molecule has 1 aromatic rings. The average molecular weight is 281 g/mol. The topological polar surface area (TPSA) is 84.2 Å². The van der Waals surface area contributed by atoms with E-state index < -0.39 is 0 Å². The molecule has 0 radical (unpaired) electrons. The number of amides is 1. The van der Waals surface area contributed by atoms with E-state index in [9.17, 15) is 9.59 Å². The van der Waals surface area contributed by atoms with Gasteiger partial charge in [0.2, 0.25) is 0 Å². The second-order valence-electron chi connectivity index (χ2n) is 4.95. The van der Waals surface area contributed by atoms with Gasteiger partial charge >= 0.3 is 0 Å². The molecule has 0 saturated heterocycles. The molecule has 1 atom stereocenters. The summed E-state index contributed by atoms with van der Waals surface area (Å²) < 4.78 is 0. The monoisotopic (exact) mass is 281 g/mol. The first-order chi connectivity index (χ1) is 8.95. The summed E-state index contributed by atoms with van der Waals surface area (Å²) in [6, 6.07) is 0.293.